The van der Waals surface area contributed by atoms with Crippen molar-refractivity contribution in [3.05, 3.63) is 21.0 Å². The van der Waals surface area contributed by atoms with Gasteiger partial charge in [0.1, 0.15) is 11.0 Å². The molecule has 1 aromatic rings. The van der Waals surface area contributed by atoms with Crippen molar-refractivity contribution < 1.29 is 36.6 Å². The van der Waals surface area contributed by atoms with Crippen LogP contribution in [0.3, 0.4) is 0 Å². The summed E-state index contributed by atoms with van der Waals surface area (Å²) in [6.45, 7) is -0.252. The molecule has 2 heterocycles. The fourth-order valence-electron chi connectivity index (χ4n) is 2.92. The summed E-state index contributed by atoms with van der Waals surface area (Å²) in [5, 5.41) is 23.6. The zero-order valence-corrected chi connectivity index (χ0v) is 15.7. The minimum Gasteiger partial charge on any atom is -0.388 e. The van der Waals surface area contributed by atoms with E-state index in [-0.39, 0.29) is 10.4 Å². The molecule has 0 saturated carbocycles. The van der Waals surface area contributed by atoms with Crippen molar-refractivity contribution in [2.45, 2.75) is 56.4 Å². The van der Waals surface area contributed by atoms with E-state index in [2.05, 4.69) is 21.0 Å². The van der Waals surface area contributed by atoms with E-state index in [0.29, 0.717) is 0 Å². The Hall–Kier alpha value is -1.34. The highest BCUT2D eigenvalue weighted by molar-refractivity contribution is 9.10. The second-order valence-electron chi connectivity index (χ2n) is 6.95. The number of rotatable bonds is 3. The second-order valence-corrected chi connectivity index (χ2v) is 7.75. The standard InChI is InChI=1S/C14H16BrF6N3O3/c1-11(2,26)8-3-12(27,14(19,20)21)5-23(8)7-4-22-24(6-13(16,17)18)10(25)9(7)15/h4,8,26-27H,3,5-6H2,1-2H3. The van der Waals surface area contributed by atoms with Gasteiger partial charge in [-0.2, -0.15) is 31.4 Å². The van der Waals surface area contributed by atoms with Crippen LogP contribution in [0.4, 0.5) is 32.0 Å². The molecule has 6 nitrogen and oxygen atoms in total. The molecule has 0 aliphatic carbocycles. The topological polar surface area (TPSA) is 78.6 Å². The summed E-state index contributed by atoms with van der Waals surface area (Å²) in [5.41, 5.74) is -6.36. The van der Waals surface area contributed by atoms with Crippen molar-refractivity contribution >= 4 is 21.6 Å². The number of anilines is 1. The first-order chi connectivity index (χ1) is 12.0. The minimum atomic E-state index is -5.02. The second kappa shape index (κ2) is 6.62. The van der Waals surface area contributed by atoms with Crippen LogP contribution in [0.25, 0.3) is 0 Å². The van der Waals surface area contributed by atoms with Crippen LogP contribution in [0.1, 0.15) is 20.3 Å². The predicted molar refractivity (Wildman–Crippen MR) is 85.3 cm³/mol. The molecule has 0 bridgehead atoms. The number of halogens is 7. The van der Waals surface area contributed by atoms with Crippen LogP contribution in [0.5, 0.6) is 0 Å². The summed E-state index contributed by atoms with van der Waals surface area (Å²) in [5.74, 6) is 0. The van der Waals surface area contributed by atoms with Gasteiger partial charge in [0.05, 0.1) is 30.1 Å². The average Bonchev–Trinajstić information content (AvgIpc) is 2.82. The molecule has 13 heteroatoms. The highest BCUT2D eigenvalue weighted by Crippen LogP contribution is 2.45. The summed E-state index contributed by atoms with van der Waals surface area (Å²) in [6.07, 6.45) is -9.84. The number of β-amino-alcohol motifs (C(OH)–C–C–N with tert-alkyl or cyclic N) is 1. The lowest BCUT2D eigenvalue weighted by Gasteiger charge is -2.35. The number of nitrogens with zero attached hydrogens (tertiary/aromatic N) is 3. The maximum absolute atomic E-state index is 13.2. The Morgan fingerprint density at radius 3 is 2.30 bits per heavy atom. The van der Waals surface area contributed by atoms with Crippen LogP contribution < -0.4 is 10.5 Å². The monoisotopic (exact) mass is 467 g/mol. The first kappa shape index (κ1) is 22.0. The van der Waals surface area contributed by atoms with Gasteiger partial charge in [0.15, 0.2) is 5.60 Å². The third kappa shape index (κ3) is 4.40. The van der Waals surface area contributed by atoms with E-state index < -0.39 is 59.1 Å². The average molecular weight is 468 g/mol. The molecule has 2 atom stereocenters. The van der Waals surface area contributed by atoms with Crippen LogP contribution >= 0.6 is 15.9 Å². The number of aliphatic hydroxyl groups is 2. The van der Waals surface area contributed by atoms with Gasteiger partial charge in [-0.15, -0.1) is 0 Å². The van der Waals surface area contributed by atoms with E-state index in [1.165, 1.54) is 13.8 Å². The molecule has 2 N–H and O–H groups in total. The van der Waals surface area contributed by atoms with Crippen LogP contribution in [0.2, 0.25) is 0 Å². The van der Waals surface area contributed by atoms with E-state index in [4.69, 9.17) is 0 Å². The zero-order chi connectivity index (χ0) is 21.0. The summed E-state index contributed by atoms with van der Waals surface area (Å²) in [4.78, 5) is 13.0. The maximum Gasteiger partial charge on any atom is 0.419 e. The highest BCUT2D eigenvalue weighted by Gasteiger charge is 2.62. The molecule has 1 aliphatic rings. The smallest absolute Gasteiger partial charge is 0.388 e. The Morgan fingerprint density at radius 1 is 1.30 bits per heavy atom. The van der Waals surface area contributed by atoms with Gasteiger partial charge < -0.3 is 15.1 Å². The first-order valence-electron chi connectivity index (χ1n) is 7.57. The van der Waals surface area contributed by atoms with Gasteiger partial charge >= 0.3 is 12.4 Å². The molecule has 0 amide bonds. The van der Waals surface area contributed by atoms with Crippen molar-refractivity contribution in [3.63, 3.8) is 0 Å². The summed E-state index contributed by atoms with van der Waals surface area (Å²) in [6, 6.07) is -1.28. The molecular formula is C14H16BrF6N3O3. The molecular weight excluding hydrogens is 452 g/mol. The van der Waals surface area contributed by atoms with Gasteiger partial charge in [0.25, 0.3) is 5.56 Å². The summed E-state index contributed by atoms with van der Waals surface area (Å²) in [7, 11) is 0. The van der Waals surface area contributed by atoms with Crippen LogP contribution in [0.15, 0.2) is 15.5 Å². The molecule has 27 heavy (non-hydrogen) atoms. The highest BCUT2D eigenvalue weighted by atomic mass is 79.9. The molecule has 2 unspecified atom stereocenters. The number of aromatic nitrogens is 2. The van der Waals surface area contributed by atoms with Crippen molar-refractivity contribution in [3.8, 4) is 0 Å². The molecule has 1 aliphatic heterocycles. The first-order valence-corrected chi connectivity index (χ1v) is 8.36. The number of hydrogen-bond donors (Lipinski definition) is 2. The Kier molecular flexibility index (Phi) is 5.38. The Morgan fingerprint density at radius 2 is 1.85 bits per heavy atom. The van der Waals surface area contributed by atoms with Gasteiger partial charge in [-0.25, -0.2) is 4.68 Å². The van der Waals surface area contributed by atoms with E-state index in [1.807, 2.05) is 0 Å². The normalized spacial score (nSPS) is 24.6. The molecule has 2 rings (SSSR count). The van der Waals surface area contributed by atoms with E-state index in [1.54, 1.807) is 0 Å². The van der Waals surface area contributed by atoms with Gasteiger partial charge in [0, 0.05) is 6.42 Å². The molecule has 1 saturated heterocycles. The third-order valence-corrected chi connectivity index (χ3v) is 5.03. The largest absolute Gasteiger partial charge is 0.419 e. The fourth-order valence-corrected chi connectivity index (χ4v) is 3.45. The number of alkyl halides is 6. The van der Waals surface area contributed by atoms with Crippen LogP contribution in [-0.4, -0.2) is 56.1 Å². The third-order valence-electron chi connectivity index (χ3n) is 4.29. The van der Waals surface area contributed by atoms with E-state index in [0.717, 1.165) is 11.1 Å². The zero-order valence-electron chi connectivity index (χ0n) is 14.1. The lowest BCUT2D eigenvalue weighted by molar-refractivity contribution is -0.252. The maximum atomic E-state index is 13.2. The van der Waals surface area contributed by atoms with Gasteiger partial charge in [-0.05, 0) is 29.8 Å². The van der Waals surface area contributed by atoms with Crippen molar-refractivity contribution in [2.24, 2.45) is 0 Å². The van der Waals surface area contributed by atoms with Crippen LogP contribution in [-0.2, 0) is 6.54 Å². The quantitative estimate of drug-likeness (QED) is 0.666. The predicted octanol–water partition coefficient (Wildman–Crippen LogP) is 2.21. The molecule has 1 aromatic heterocycles. The Labute approximate surface area is 157 Å². The van der Waals surface area contributed by atoms with Crippen molar-refractivity contribution in [1.29, 1.82) is 0 Å². The van der Waals surface area contributed by atoms with Crippen molar-refractivity contribution in [2.75, 3.05) is 11.4 Å². The minimum absolute atomic E-state index is 0.110. The molecule has 0 aromatic carbocycles. The Balaban J connectivity index is 2.52. The van der Waals surface area contributed by atoms with Gasteiger partial charge in [-0.3, -0.25) is 4.79 Å². The SMILES string of the molecule is CC(C)(O)C1CC(O)(C(F)(F)F)CN1c1cnn(CC(F)(F)F)c(=O)c1Br. The van der Waals surface area contributed by atoms with E-state index >= 15 is 0 Å². The number of hydrogen-bond acceptors (Lipinski definition) is 5. The lowest BCUT2D eigenvalue weighted by atomic mass is 9.91. The molecule has 1 fully saturated rings. The van der Waals surface area contributed by atoms with Crippen LogP contribution in [0, 0.1) is 0 Å². The van der Waals surface area contributed by atoms with Gasteiger partial charge in [-0.1, -0.05) is 0 Å². The fraction of sp³-hybridized carbons (Fsp3) is 0.714. The molecule has 0 radical (unpaired) electrons. The summed E-state index contributed by atoms with van der Waals surface area (Å²) >= 11 is 2.80. The lowest BCUT2D eigenvalue weighted by Crippen LogP contribution is -2.47. The van der Waals surface area contributed by atoms with E-state index in [9.17, 15) is 41.4 Å². The van der Waals surface area contributed by atoms with Crippen molar-refractivity contribution in [1.82, 2.24) is 9.78 Å². The summed E-state index contributed by atoms with van der Waals surface area (Å²) < 4.78 is 76.9. The molecule has 154 valence electrons. The van der Waals surface area contributed by atoms with Gasteiger partial charge in [0.2, 0.25) is 0 Å². The Bertz CT molecular complexity index is 773. The molecule has 0 spiro atoms.